The van der Waals surface area contributed by atoms with Gasteiger partial charge in [0.25, 0.3) is 11.8 Å². The van der Waals surface area contributed by atoms with E-state index in [2.05, 4.69) is 20.9 Å². The molecule has 0 spiro atoms. The Hall–Kier alpha value is -3.97. The van der Waals surface area contributed by atoms with E-state index in [1.54, 1.807) is 17.0 Å². The van der Waals surface area contributed by atoms with Crippen molar-refractivity contribution in [3.05, 3.63) is 80.1 Å². The van der Waals surface area contributed by atoms with Gasteiger partial charge in [-0.2, -0.15) is 23.4 Å². The molecule has 4 rings (SSSR count). The number of aromatic nitrogens is 2. The first kappa shape index (κ1) is 27.1. The highest BCUT2D eigenvalue weighted by Gasteiger charge is 2.30. The zero-order valence-corrected chi connectivity index (χ0v) is 22.0. The van der Waals surface area contributed by atoms with Crippen molar-refractivity contribution < 1.29 is 27.9 Å². The molecule has 1 aromatic carbocycles. The van der Waals surface area contributed by atoms with Gasteiger partial charge in [0.05, 0.1) is 43.7 Å². The molecular formula is C25H22F3N5O3S2. The summed E-state index contributed by atoms with van der Waals surface area (Å²) in [7, 11) is 1.81. The zero-order valence-electron chi connectivity index (χ0n) is 20.4. The van der Waals surface area contributed by atoms with E-state index in [0.29, 0.717) is 26.6 Å². The summed E-state index contributed by atoms with van der Waals surface area (Å²) in [4.78, 5) is 26.0. The van der Waals surface area contributed by atoms with Crippen LogP contribution in [0.15, 0.2) is 52.9 Å². The zero-order chi connectivity index (χ0) is 27.6. The maximum absolute atomic E-state index is 12.8. The molecule has 0 aliphatic rings. The lowest BCUT2D eigenvalue weighted by atomic mass is 10.1. The van der Waals surface area contributed by atoms with Crippen LogP contribution in [0, 0.1) is 6.92 Å². The number of hydrogen-bond acceptors (Lipinski definition) is 7. The molecule has 0 aliphatic carbocycles. The molecule has 0 radical (unpaired) electrons. The molecule has 0 bridgehead atoms. The van der Waals surface area contributed by atoms with Gasteiger partial charge in [-0.3, -0.25) is 14.3 Å². The average molecular weight is 562 g/mol. The summed E-state index contributed by atoms with van der Waals surface area (Å²) in [6.07, 6.45) is -4.45. The molecule has 3 aromatic heterocycles. The quantitative estimate of drug-likeness (QED) is 0.209. The number of aryl methyl sites for hydroxylation is 2. The van der Waals surface area contributed by atoms with Crippen molar-refractivity contribution in [2.24, 2.45) is 12.1 Å². The molecule has 3 heterocycles. The number of amides is 2. The smallest absolute Gasteiger partial charge is 0.416 e. The van der Waals surface area contributed by atoms with Crippen LogP contribution in [0.25, 0.3) is 10.4 Å². The Morgan fingerprint density at radius 1 is 1.11 bits per heavy atom. The van der Waals surface area contributed by atoms with Gasteiger partial charge >= 0.3 is 6.18 Å². The van der Waals surface area contributed by atoms with Gasteiger partial charge in [0.15, 0.2) is 0 Å². The number of aromatic hydroxyl groups is 1. The van der Waals surface area contributed by atoms with Crippen molar-refractivity contribution in [2.45, 2.75) is 26.6 Å². The van der Waals surface area contributed by atoms with Gasteiger partial charge < -0.3 is 10.4 Å². The first-order valence-electron chi connectivity index (χ1n) is 11.1. The molecule has 0 unspecified atom stereocenters. The van der Waals surface area contributed by atoms with Crippen LogP contribution in [-0.2, 0) is 19.8 Å². The fraction of sp³-hybridized carbons (Fsp3) is 0.200. The number of halogens is 3. The minimum atomic E-state index is -4.45. The van der Waals surface area contributed by atoms with Crippen LogP contribution >= 0.6 is 22.7 Å². The number of rotatable bonds is 7. The van der Waals surface area contributed by atoms with Gasteiger partial charge in [-0.1, -0.05) is 12.1 Å². The molecule has 38 heavy (non-hydrogen) atoms. The summed E-state index contributed by atoms with van der Waals surface area (Å²) in [5.41, 5.74) is 4.35. The average Bonchev–Trinajstić information content (AvgIpc) is 3.59. The van der Waals surface area contributed by atoms with Crippen molar-refractivity contribution in [2.75, 3.05) is 0 Å². The van der Waals surface area contributed by atoms with Crippen LogP contribution in [0.5, 0.6) is 5.75 Å². The summed E-state index contributed by atoms with van der Waals surface area (Å²) in [5.74, 6) is -1.02. The summed E-state index contributed by atoms with van der Waals surface area (Å²) in [5, 5.41) is 23.3. The maximum atomic E-state index is 12.8. The SMILES string of the molecule is C/C(=N\NC(=O)c1ccc(C(=O)NCc2cc(C)n(C)n2)s1)c1csc(-c2ccc(C(F)(F)F)cc2)c1O. The highest BCUT2D eigenvalue weighted by Crippen LogP contribution is 2.40. The van der Waals surface area contributed by atoms with Crippen LogP contribution < -0.4 is 10.7 Å². The number of thiophene rings is 2. The molecule has 198 valence electrons. The Balaban J connectivity index is 1.38. The van der Waals surface area contributed by atoms with Crippen molar-refractivity contribution >= 4 is 40.2 Å². The third-order valence-electron chi connectivity index (χ3n) is 5.60. The second-order valence-electron chi connectivity index (χ2n) is 8.29. The van der Waals surface area contributed by atoms with Crippen molar-refractivity contribution in [1.82, 2.24) is 20.5 Å². The molecule has 8 nitrogen and oxygen atoms in total. The van der Waals surface area contributed by atoms with Crippen molar-refractivity contribution in [1.29, 1.82) is 0 Å². The topological polar surface area (TPSA) is 109 Å². The Bertz CT molecular complexity index is 1500. The lowest BCUT2D eigenvalue weighted by Gasteiger charge is -2.07. The van der Waals surface area contributed by atoms with Crippen LogP contribution in [0.2, 0.25) is 0 Å². The first-order chi connectivity index (χ1) is 17.9. The minimum Gasteiger partial charge on any atom is -0.506 e. The molecule has 2 amide bonds. The molecule has 0 saturated heterocycles. The molecule has 0 aliphatic heterocycles. The lowest BCUT2D eigenvalue weighted by molar-refractivity contribution is -0.137. The van der Waals surface area contributed by atoms with Crippen molar-refractivity contribution in [3.63, 3.8) is 0 Å². The Morgan fingerprint density at radius 3 is 2.37 bits per heavy atom. The highest BCUT2D eigenvalue weighted by molar-refractivity contribution is 7.16. The predicted molar refractivity (Wildman–Crippen MR) is 140 cm³/mol. The summed E-state index contributed by atoms with van der Waals surface area (Å²) < 4.78 is 40.2. The van der Waals surface area contributed by atoms with Gasteiger partial charge in [-0.05, 0) is 49.7 Å². The third-order valence-corrected chi connectivity index (χ3v) is 7.70. The van der Waals surface area contributed by atoms with Gasteiger partial charge in [0.2, 0.25) is 0 Å². The van der Waals surface area contributed by atoms with Crippen LogP contribution in [0.1, 0.15) is 48.8 Å². The second-order valence-corrected chi connectivity index (χ2v) is 10.3. The maximum Gasteiger partial charge on any atom is 0.416 e. The van der Waals surface area contributed by atoms with E-state index in [4.69, 9.17) is 0 Å². The molecular weight excluding hydrogens is 539 g/mol. The third kappa shape index (κ3) is 5.94. The predicted octanol–water partition coefficient (Wildman–Crippen LogP) is 5.33. The van der Waals surface area contributed by atoms with Crippen molar-refractivity contribution in [3.8, 4) is 16.2 Å². The number of nitrogens with one attached hydrogen (secondary N) is 2. The van der Waals surface area contributed by atoms with Crippen LogP contribution in [-0.4, -0.2) is 32.4 Å². The van der Waals surface area contributed by atoms with E-state index in [-0.39, 0.29) is 23.1 Å². The fourth-order valence-electron chi connectivity index (χ4n) is 3.43. The van der Waals surface area contributed by atoms with Crippen LogP contribution in [0.4, 0.5) is 13.2 Å². The first-order valence-corrected chi connectivity index (χ1v) is 12.8. The van der Waals surface area contributed by atoms with Gasteiger partial charge in [-0.25, -0.2) is 5.43 Å². The Morgan fingerprint density at radius 2 is 1.76 bits per heavy atom. The monoisotopic (exact) mass is 561 g/mol. The highest BCUT2D eigenvalue weighted by atomic mass is 32.1. The number of carbonyl (C=O) groups excluding carboxylic acids is 2. The molecule has 0 saturated carbocycles. The molecule has 0 fully saturated rings. The summed E-state index contributed by atoms with van der Waals surface area (Å²) in [6.45, 7) is 3.73. The number of carbonyl (C=O) groups is 2. The molecule has 13 heteroatoms. The number of hydrogen-bond donors (Lipinski definition) is 3. The number of benzene rings is 1. The normalized spacial score (nSPS) is 12.0. The standard InChI is InChI=1S/C25H22F3N5O3S2/c1-13-10-17(32-33(13)3)11-29-23(35)19-8-9-20(38-19)24(36)31-30-14(2)18-12-37-22(21(18)34)15-4-6-16(7-5-15)25(26,27)28/h4-10,12,34H,11H2,1-3H3,(H,29,35)(H,31,36)/b30-14+. The Labute approximate surface area is 223 Å². The lowest BCUT2D eigenvalue weighted by Crippen LogP contribution is -2.22. The fourth-order valence-corrected chi connectivity index (χ4v) is 5.26. The van der Waals surface area contributed by atoms with E-state index in [0.717, 1.165) is 46.2 Å². The van der Waals surface area contributed by atoms with E-state index in [1.807, 2.05) is 20.0 Å². The van der Waals surface area contributed by atoms with Gasteiger partial charge in [0, 0.05) is 18.1 Å². The van der Waals surface area contributed by atoms with E-state index >= 15 is 0 Å². The second kappa shape index (κ2) is 10.8. The largest absolute Gasteiger partial charge is 0.506 e. The molecule has 4 aromatic rings. The van der Waals surface area contributed by atoms with E-state index < -0.39 is 17.6 Å². The minimum absolute atomic E-state index is 0.150. The van der Waals surface area contributed by atoms with Crippen LogP contribution in [0.3, 0.4) is 0 Å². The summed E-state index contributed by atoms with van der Waals surface area (Å²) >= 11 is 2.14. The molecule has 3 N–H and O–H groups in total. The number of hydrazone groups is 1. The number of alkyl halides is 3. The van der Waals surface area contributed by atoms with E-state index in [9.17, 15) is 27.9 Å². The van der Waals surface area contributed by atoms with Gasteiger partial charge in [-0.15, -0.1) is 22.7 Å². The summed E-state index contributed by atoms with van der Waals surface area (Å²) in [6, 6.07) is 9.38. The number of nitrogens with zero attached hydrogens (tertiary/aromatic N) is 3. The van der Waals surface area contributed by atoms with Gasteiger partial charge in [0.1, 0.15) is 5.75 Å². The Kier molecular flexibility index (Phi) is 7.69. The van der Waals surface area contributed by atoms with E-state index in [1.165, 1.54) is 24.3 Å². The molecule has 0 atom stereocenters.